The molecule has 2 aromatic heterocycles. The molecule has 6 heteroatoms. The number of H-pyrrole nitrogens is 1. The molecule has 0 bridgehead atoms. The van der Waals surface area contributed by atoms with Crippen LogP contribution in [0.1, 0.15) is 54.0 Å². The maximum Gasteiger partial charge on any atom is 0.274 e. The van der Waals surface area contributed by atoms with Crippen molar-refractivity contribution >= 4 is 5.91 Å². The van der Waals surface area contributed by atoms with Crippen LogP contribution < -0.4 is 5.32 Å². The fraction of sp³-hybridized carbons (Fsp3) is 0.429. The molecule has 106 valence electrons. The second-order valence-electron chi connectivity index (χ2n) is 4.71. The van der Waals surface area contributed by atoms with E-state index in [0.717, 1.165) is 24.8 Å². The van der Waals surface area contributed by atoms with Crippen molar-refractivity contribution in [3.63, 3.8) is 0 Å². The zero-order valence-corrected chi connectivity index (χ0v) is 11.8. The minimum atomic E-state index is -0.207. The Balaban J connectivity index is 2.12. The minimum Gasteiger partial charge on any atom is -0.344 e. The van der Waals surface area contributed by atoms with Crippen molar-refractivity contribution in [3.05, 3.63) is 41.5 Å². The van der Waals surface area contributed by atoms with Crippen molar-refractivity contribution in [1.82, 2.24) is 25.7 Å². The topological polar surface area (TPSA) is 83.6 Å². The van der Waals surface area contributed by atoms with E-state index >= 15 is 0 Å². The van der Waals surface area contributed by atoms with Gasteiger partial charge in [0.25, 0.3) is 5.91 Å². The number of pyridine rings is 1. The van der Waals surface area contributed by atoms with E-state index in [0.29, 0.717) is 11.4 Å². The summed E-state index contributed by atoms with van der Waals surface area (Å²) in [5, 5.41) is 13.2. The van der Waals surface area contributed by atoms with Crippen LogP contribution in [0.5, 0.6) is 0 Å². The summed E-state index contributed by atoms with van der Waals surface area (Å²) in [7, 11) is 0. The smallest absolute Gasteiger partial charge is 0.274 e. The number of amides is 1. The molecule has 0 spiro atoms. The molecule has 0 radical (unpaired) electrons. The van der Waals surface area contributed by atoms with E-state index in [-0.39, 0.29) is 11.9 Å². The number of aromatic nitrogens is 4. The molecule has 0 saturated carbocycles. The summed E-state index contributed by atoms with van der Waals surface area (Å²) in [5.74, 6) is -0.207. The van der Waals surface area contributed by atoms with Crippen molar-refractivity contribution < 1.29 is 4.79 Å². The molecule has 0 saturated heterocycles. The fourth-order valence-corrected chi connectivity index (χ4v) is 2.04. The summed E-state index contributed by atoms with van der Waals surface area (Å²) >= 11 is 0. The molecule has 0 fully saturated rings. The SMILES string of the molecule is CCCC[C@H](NC(=O)c1n[nH]nc1C)c1cccnc1. The van der Waals surface area contributed by atoms with Crippen LogP contribution in [-0.2, 0) is 0 Å². The van der Waals surface area contributed by atoms with Crippen LogP contribution in [0.3, 0.4) is 0 Å². The number of nitrogens with zero attached hydrogens (tertiary/aromatic N) is 3. The highest BCUT2D eigenvalue weighted by Crippen LogP contribution is 2.19. The van der Waals surface area contributed by atoms with E-state index in [2.05, 4.69) is 32.6 Å². The van der Waals surface area contributed by atoms with Gasteiger partial charge in [-0.05, 0) is 25.0 Å². The highest BCUT2D eigenvalue weighted by Gasteiger charge is 2.19. The summed E-state index contributed by atoms with van der Waals surface area (Å²) in [6, 6.07) is 3.80. The van der Waals surface area contributed by atoms with Crippen LogP contribution >= 0.6 is 0 Å². The highest BCUT2D eigenvalue weighted by atomic mass is 16.2. The van der Waals surface area contributed by atoms with Gasteiger partial charge in [0.05, 0.1) is 11.7 Å². The monoisotopic (exact) mass is 273 g/mol. The van der Waals surface area contributed by atoms with Gasteiger partial charge in [0, 0.05) is 12.4 Å². The molecule has 2 rings (SSSR count). The quantitative estimate of drug-likeness (QED) is 0.844. The molecule has 2 N–H and O–H groups in total. The van der Waals surface area contributed by atoms with Crippen molar-refractivity contribution in [1.29, 1.82) is 0 Å². The van der Waals surface area contributed by atoms with Crippen LogP contribution in [0.4, 0.5) is 0 Å². The first-order valence-corrected chi connectivity index (χ1v) is 6.80. The number of aromatic amines is 1. The lowest BCUT2D eigenvalue weighted by molar-refractivity contribution is 0.0928. The van der Waals surface area contributed by atoms with Gasteiger partial charge in [-0.25, -0.2) is 0 Å². The maximum absolute atomic E-state index is 12.2. The normalized spacial score (nSPS) is 12.1. The van der Waals surface area contributed by atoms with Gasteiger partial charge in [0.1, 0.15) is 0 Å². The lowest BCUT2D eigenvalue weighted by Gasteiger charge is -2.18. The molecular weight excluding hydrogens is 254 g/mol. The molecule has 0 unspecified atom stereocenters. The van der Waals surface area contributed by atoms with Gasteiger partial charge in [0.15, 0.2) is 5.69 Å². The summed E-state index contributed by atoms with van der Waals surface area (Å²) in [6.07, 6.45) is 6.51. The number of hydrogen-bond acceptors (Lipinski definition) is 4. The lowest BCUT2D eigenvalue weighted by atomic mass is 10.0. The Morgan fingerprint density at radius 1 is 1.45 bits per heavy atom. The van der Waals surface area contributed by atoms with E-state index in [9.17, 15) is 4.79 Å². The van der Waals surface area contributed by atoms with Gasteiger partial charge in [-0.3, -0.25) is 9.78 Å². The van der Waals surface area contributed by atoms with E-state index in [4.69, 9.17) is 0 Å². The Morgan fingerprint density at radius 2 is 2.30 bits per heavy atom. The molecule has 0 aliphatic rings. The number of hydrogen-bond donors (Lipinski definition) is 2. The van der Waals surface area contributed by atoms with Crippen molar-refractivity contribution in [2.45, 2.75) is 39.2 Å². The third kappa shape index (κ3) is 3.40. The number of unbranched alkanes of at least 4 members (excludes halogenated alkanes) is 1. The Hall–Kier alpha value is -2.24. The second-order valence-corrected chi connectivity index (χ2v) is 4.71. The van der Waals surface area contributed by atoms with Gasteiger partial charge in [-0.2, -0.15) is 15.4 Å². The van der Waals surface area contributed by atoms with Crippen LogP contribution in [0.2, 0.25) is 0 Å². The fourth-order valence-electron chi connectivity index (χ4n) is 2.04. The van der Waals surface area contributed by atoms with E-state index in [1.165, 1.54) is 0 Å². The summed E-state index contributed by atoms with van der Waals surface area (Å²) < 4.78 is 0. The van der Waals surface area contributed by atoms with Gasteiger partial charge < -0.3 is 5.32 Å². The molecule has 20 heavy (non-hydrogen) atoms. The van der Waals surface area contributed by atoms with Gasteiger partial charge >= 0.3 is 0 Å². The molecule has 6 nitrogen and oxygen atoms in total. The van der Waals surface area contributed by atoms with Crippen molar-refractivity contribution in [3.8, 4) is 0 Å². The number of aryl methyl sites for hydroxylation is 1. The third-order valence-corrected chi connectivity index (χ3v) is 3.18. The van der Waals surface area contributed by atoms with Crippen LogP contribution in [-0.4, -0.2) is 26.3 Å². The van der Waals surface area contributed by atoms with Gasteiger partial charge in [-0.15, -0.1) is 0 Å². The molecular formula is C14H19N5O. The van der Waals surface area contributed by atoms with E-state index in [1.54, 1.807) is 19.3 Å². The van der Waals surface area contributed by atoms with Crippen LogP contribution in [0.25, 0.3) is 0 Å². The first-order chi connectivity index (χ1) is 9.72. The molecule has 2 heterocycles. The standard InChI is InChI=1S/C14H19N5O/c1-3-4-7-12(11-6-5-8-15-9-11)16-14(20)13-10(2)17-19-18-13/h5-6,8-9,12H,3-4,7H2,1-2H3,(H,16,20)(H,17,18,19)/t12-/m0/s1. The highest BCUT2D eigenvalue weighted by molar-refractivity contribution is 5.93. The number of rotatable bonds is 6. The van der Waals surface area contributed by atoms with Gasteiger partial charge in [-0.1, -0.05) is 25.8 Å². The Labute approximate surface area is 118 Å². The summed E-state index contributed by atoms with van der Waals surface area (Å²) in [6.45, 7) is 3.88. The first-order valence-electron chi connectivity index (χ1n) is 6.80. The van der Waals surface area contributed by atoms with Crippen molar-refractivity contribution in [2.75, 3.05) is 0 Å². The Morgan fingerprint density at radius 3 is 2.90 bits per heavy atom. The van der Waals surface area contributed by atoms with Crippen molar-refractivity contribution in [2.24, 2.45) is 0 Å². The first kappa shape index (κ1) is 14.2. The Bertz CT molecular complexity index is 552. The summed E-state index contributed by atoms with van der Waals surface area (Å²) in [5.41, 5.74) is 1.95. The maximum atomic E-state index is 12.2. The van der Waals surface area contributed by atoms with Crippen LogP contribution in [0, 0.1) is 6.92 Å². The average molecular weight is 273 g/mol. The lowest BCUT2D eigenvalue weighted by Crippen LogP contribution is -2.29. The molecule has 0 aromatic carbocycles. The predicted octanol–water partition coefficient (Wildman–Crippen LogP) is 2.17. The number of nitrogens with one attached hydrogen (secondary N) is 2. The van der Waals surface area contributed by atoms with E-state index in [1.807, 2.05) is 12.1 Å². The molecule has 2 aromatic rings. The zero-order chi connectivity index (χ0) is 14.4. The molecule has 0 aliphatic carbocycles. The van der Waals surface area contributed by atoms with E-state index < -0.39 is 0 Å². The third-order valence-electron chi connectivity index (χ3n) is 3.18. The zero-order valence-electron chi connectivity index (χ0n) is 11.8. The van der Waals surface area contributed by atoms with Crippen LogP contribution in [0.15, 0.2) is 24.5 Å². The summed E-state index contributed by atoms with van der Waals surface area (Å²) in [4.78, 5) is 16.3. The minimum absolute atomic E-state index is 0.0488. The molecule has 1 atom stereocenters. The molecule has 0 aliphatic heterocycles. The number of carbonyl (C=O) groups excluding carboxylic acids is 1. The largest absolute Gasteiger partial charge is 0.344 e. The Kier molecular flexibility index (Phi) is 4.81. The second kappa shape index (κ2) is 6.79. The number of carbonyl (C=O) groups is 1. The average Bonchev–Trinajstić information content (AvgIpc) is 2.90. The predicted molar refractivity (Wildman–Crippen MR) is 75.1 cm³/mol. The molecule has 1 amide bonds. The van der Waals surface area contributed by atoms with Gasteiger partial charge in [0.2, 0.25) is 0 Å².